The highest BCUT2D eigenvalue weighted by molar-refractivity contribution is 7.89. The van der Waals surface area contributed by atoms with E-state index in [-0.39, 0.29) is 4.90 Å². The Kier molecular flexibility index (Phi) is 4.50. The summed E-state index contributed by atoms with van der Waals surface area (Å²) in [6, 6.07) is 12.6. The highest BCUT2D eigenvalue weighted by Gasteiger charge is 2.13. The first-order valence-electron chi connectivity index (χ1n) is 6.55. The van der Waals surface area contributed by atoms with Crippen LogP contribution in [0.1, 0.15) is 11.1 Å². The average molecular weight is 305 g/mol. The SMILES string of the molecule is CNS(=O)(=O)c1ccc(N)c(NCc2ccccc2C)c1. The second-order valence-corrected chi connectivity index (χ2v) is 6.62. The summed E-state index contributed by atoms with van der Waals surface area (Å²) < 4.78 is 25.9. The lowest BCUT2D eigenvalue weighted by Gasteiger charge is -2.12. The predicted octanol–water partition coefficient (Wildman–Crippen LogP) is 2.10. The number of rotatable bonds is 5. The Bertz CT molecular complexity index is 742. The largest absolute Gasteiger partial charge is 0.397 e. The first-order valence-corrected chi connectivity index (χ1v) is 8.04. The second kappa shape index (κ2) is 6.15. The Morgan fingerprint density at radius 2 is 1.86 bits per heavy atom. The lowest BCUT2D eigenvalue weighted by molar-refractivity contribution is 0.588. The number of nitrogen functional groups attached to an aromatic ring is 1. The molecule has 0 aliphatic heterocycles. The summed E-state index contributed by atoms with van der Waals surface area (Å²) in [6.07, 6.45) is 0. The Labute approximate surface area is 125 Å². The van der Waals surface area contributed by atoms with Crippen LogP contribution in [0.4, 0.5) is 11.4 Å². The van der Waals surface area contributed by atoms with Crippen molar-refractivity contribution in [2.45, 2.75) is 18.4 Å². The van der Waals surface area contributed by atoms with E-state index in [1.165, 1.54) is 18.7 Å². The number of benzene rings is 2. The summed E-state index contributed by atoms with van der Waals surface area (Å²) in [4.78, 5) is 0.187. The first-order chi connectivity index (χ1) is 9.94. The third-order valence-electron chi connectivity index (χ3n) is 3.33. The number of sulfonamides is 1. The van der Waals surface area contributed by atoms with Crippen molar-refractivity contribution < 1.29 is 8.42 Å². The van der Waals surface area contributed by atoms with E-state index in [1.807, 2.05) is 31.2 Å². The van der Waals surface area contributed by atoms with Crippen LogP contribution in [0.2, 0.25) is 0 Å². The third kappa shape index (κ3) is 3.53. The minimum Gasteiger partial charge on any atom is -0.397 e. The molecule has 0 spiro atoms. The topological polar surface area (TPSA) is 84.2 Å². The molecule has 4 N–H and O–H groups in total. The van der Waals surface area contributed by atoms with Gasteiger partial charge in [-0.05, 0) is 43.3 Å². The summed E-state index contributed by atoms with van der Waals surface area (Å²) in [6.45, 7) is 2.61. The van der Waals surface area contributed by atoms with Crippen LogP contribution in [0.15, 0.2) is 47.4 Å². The summed E-state index contributed by atoms with van der Waals surface area (Å²) >= 11 is 0. The molecule has 21 heavy (non-hydrogen) atoms. The Morgan fingerprint density at radius 3 is 2.52 bits per heavy atom. The monoisotopic (exact) mass is 305 g/mol. The van der Waals surface area contributed by atoms with Gasteiger partial charge in [0.25, 0.3) is 0 Å². The molecule has 6 heteroatoms. The van der Waals surface area contributed by atoms with Gasteiger partial charge in [-0.2, -0.15) is 0 Å². The van der Waals surface area contributed by atoms with E-state index < -0.39 is 10.0 Å². The van der Waals surface area contributed by atoms with Crippen LogP contribution in [0.25, 0.3) is 0 Å². The van der Waals surface area contributed by atoms with Crippen LogP contribution in [-0.2, 0) is 16.6 Å². The van der Waals surface area contributed by atoms with Crippen LogP contribution in [0.5, 0.6) is 0 Å². The molecule has 0 fully saturated rings. The lowest BCUT2D eigenvalue weighted by atomic mass is 10.1. The van der Waals surface area contributed by atoms with Crippen molar-refractivity contribution >= 4 is 21.4 Å². The van der Waals surface area contributed by atoms with Gasteiger partial charge in [-0.3, -0.25) is 0 Å². The van der Waals surface area contributed by atoms with E-state index in [9.17, 15) is 8.42 Å². The number of hydrogen-bond acceptors (Lipinski definition) is 4. The summed E-state index contributed by atoms with van der Waals surface area (Å²) in [5, 5.41) is 3.19. The second-order valence-electron chi connectivity index (χ2n) is 4.74. The number of nitrogens with one attached hydrogen (secondary N) is 2. The van der Waals surface area contributed by atoms with Crippen molar-refractivity contribution in [1.82, 2.24) is 4.72 Å². The molecule has 2 aromatic carbocycles. The fourth-order valence-electron chi connectivity index (χ4n) is 1.97. The zero-order valence-corrected chi connectivity index (χ0v) is 12.9. The number of hydrogen-bond donors (Lipinski definition) is 3. The van der Waals surface area contributed by atoms with Crippen LogP contribution >= 0.6 is 0 Å². The minimum absolute atomic E-state index is 0.187. The maximum Gasteiger partial charge on any atom is 0.240 e. The molecular formula is C15H19N3O2S. The minimum atomic E-state index is -3.47. The van der Waals surface area contributed by atoms with Crippen molar-refractivity contribution in [1.29, 1.82) is 0 Å². The summed E-state index contributed by atoms with van der Waals surface area (Å²) in [7, 11) is -2.09. The molecule has 0 bridgehead atoms. The average Bonchev–Trinajstić information content (AvgIpc) is 2.47. The van der Waals surface area contributed by atoms with E-state index >= 15 is 0 Å². The van der Waals surface area contributed by atoms with E-state index in [2.05, 4.69) is 10.0 Å². The molecule has 112 valence electrons. The maximum atomic E-state index is 11.8. The van der Waals surface area contributed by atoms with Crippen molar-refractivity contribution in [3.63, 3.8) is 0 Å². The van der Waals surface area contributed by atoms with Gasteiger partial charge >= 0.3 is 0 Å². The molecule has 2 aromatic rings. The summed E-state index contributed by atoms with van der Waals surface area (Å²) in [5.41, 5.74) is 9.32. The van der Waals surface area contributed by atoms with Crippen LogP contribution < -0.4 is 15.8 Å². The quantitative estimate of drug-likeness (QED) is 0.739. The number of anilines is 2. The molecule has 0 amide bonds. The highest BCUT2D eigenvalue weighted by atomic mass is 32.2. The van der Waals surface area contributed by atoms with Gasteiger partial charge in [0.15, 0.2) is 0 Å². The maximum absolute atomic E-state index is 11.8. The van der Waals surface area contributed by atoms with Gasteiger partial charge in [0.05, 0.1) is 16.3 Å². The molecule has 5 nitrogen and oxygen atoms in total. The smallest absolute Gasteiger partial charge is 0.240 e. The van der Waals surface area contributed by atoms with Gasteiger partial charge < -0.3 is 11.1 Å². The first kappa shape index (κ1) is 15.3. The predicted molar refractivity (Wildman–Crippen MR) is 85.6 cm³/mol. The molecule has 0 radical (unpaired) electrons. The van der Waals surface area contributed by atoms with E-state index in [4.69, 9.17) is 5.73 Å². The molecule has 0 aliphatic rings. The van der Waals surface area contributed by atoms with Gasteiger partial charge in [0.1, 0.15) is 0 Å². The number of aryl methyl sites for hydroxylation is 1. The van der Waals surface area contributed by atoms with Crippen molar-refractivity contribution in [3.8, 4) is 0 Å². The zero-order chi connectivity index (χ0) is 15.5. The Hall–Kier alpha value is -2.05. The number of nitrogens with two attached hydrogens (primary N) is 1. The molecule has 0 aliphatic carbocycles. The fourth-order valence-corrected chi connectivity index (χ4v) is 2.73. The summed E-state index contributed by atoms with van der Waals surface area (Å²) in [5.74, 6) is 0. The lowest BCUT2D eigenvalue weighted by Crippen LogP contribution is -2.18. The third-order valence-corrected chi connectivity index (χ3v) is 4.75. The molecule has 0 aromatic heterocycles. The normalized spacial score (nSPS) is 11.3. The van der Waals surface area contributed by atoms with Gasteiger partial charge in [-0.25, -0.2) is 13.1 Å². The van der Waals surface area contributed by atoms with Gasteiger partial charge in [-0.1, -0.05) is 24.3 Å². The highest BCUT2D eigenvalue weighted by Crippen LogP contribution is 2.23. The molecule has 0 unspecified atom stereocenters. The standard InChI is InChI=1S/C15H19N3O2S/c1-11-5-3-4-6-12(11)10-18-15-9-13(7-8-14(15)16)21(19,20)17-2/h3-9,17-18H,10,16H2,1-2H3. The molecule has 2 rings (SSSR count). The van der Waals surface area contributed by atoms with Gasteiger partial charge in [-0.15, -0.1) is 0 Å². The molecule has 0 atom stereocenters. The van der Waals surface area contributed by atoms with Gasteiger partial charge in [0, 0.05) is 6.54 Å². The molecule has 0 saturated carbocycles. The fraction of sp³-hybridized carbons (Fsp3) is 0.200. The Morgan fingerprint density at radius 1 is 1.14 bits per heavy atom. The van der Waals surface area contributed by atoms with Crippen molar-refractivity contribution in [2.75, 3.05) is 18.1 Å². The van der Waals surface area contributed by atoms with Crippen LogP contribution in [0.3, 0.4) is 0 Å². The van der Waals surface area contributed by atoms with Crippen molar-refractivity contribution in [2.24, 2.45) is 0 Å². The van der Waals surface area contributed by atoms with Crippen molar-refractivity contribution in [3.05, 3.63) is 53.6 Å². The van der Waals surface area contributed by atoms with E-state index in [0.29, 0.717) is 17.9 Å². The molecular weight excluding hydrogens is 286 g/mol. The van der Waals surface area contributed by atoms with E-state index in [1.54, 1.807) is 12.1 Å². The molecule has 0 saturated heterocycles. The molecule has 0 heterocycles. The van der Waals surface area contributed by atoms with Crippen LogP contribution in [0, 0.1) is 6.92 Å². The van der Waals surface area contributed by atoms with Gasteiger partial charge in [0.2, 0.25) is 10.0 Å². The Balaban J connectivity index is 2.24. The van der Waals surface area contributed by atoms with E-state index in [0.717, 1.165) is 5.56 Å². The van der Waals surface area contributed by atoms with Crippen LogP contribution in [-0.4, -0.2) is 15.5 Å². The zero-order valence-electron chi connectivity index (χ0n) is 12.1.